The molecule has 1 aromatic carbocycles. The van der Waals surface area contributed by atoms with Crippen molar-refractivity contribution in [3.8, 4) is 28.5 Å². The average Bonchev–Trinajstić information content (AvgIpc) is 3.51. The number of methoxy groups -OCH3 is 3. The molecule has 0 bridgehead atoms. The first kappa shape index (κ1) is 27.0. The number of H-pyrrole nitrogens is 1. The number of ether oxygens (including phenoxy) is 4. The zero-order chi connectivity index (χ0) is 27.4. The van der Waals surface area contributed by atoms with Gasteiger partial charge in [-0.3, -0.25) is 4.79 Å². The molecule has 0 saturated carbocycles. The van der Waals surface area contributed by atoms with Gasteiger partial charge in [0.1, 0.15) is 11.1 Å². The molecule has 2 N–H and O–H groups in total. The highest BCUT2D eigenvalue weighted by Gasteiger charge is 2.28. The molecule has 0 spiro atoms. The Labute approximate surface area is 220 Å². The van der Waals surface area contributed by atoms with Gasteiger partial charge in [0.25, 0.3) is 5.91 Å². The van der Waals surface area contributed by atoms with E-state index >= 15 is 0 Å². The first-order chi connectivity index (χ1) is 18.1. The number of aromatic amines is 1. The van der Waals surface area contributed by atoms with E-state index in [1.54, 1.807) is 50.4 Å². The van der Waals surface area contributed by atoms with Crippen LogP contribution in [0.25, 0.3) is 22.4 Å². The van der Waals surface area contributed by atoms with Crippen LogP contribution in [0.5, 0.6) is 17.2 Å². The summed E-state index contributed by atoms with van der Waals surface area (Å²) in [5.74, 6) is 1.28. The molecule has 1 unspecified atom stereocenters. The number of fused-ring (bicyclic) bond motifs is 1. The van der Waals surface area contributed by atoms with Gasteiger partial charge in [0.15, 0.2) is 17.1 Å². The van der Waals surface area contributed by atoms with Crippen LogP contribution in [-0.2, 0) is 9.57 Å². The Morgan fingerprint density at radius 2 is 1.84 bits per heavy atom. The second-order valence-electron chi connectivity index (χ2n) is 9.88. The Morgan fingerprint density at radius 3 is 2.47 bits per heavy atom. The number of nitrogens with zero attached hydrogens (tertiary/aromatic N) is 3. The summed E-state index contributed by atoms with van der Waals surface area (Å²) < 4.78 is 21.5. The van der Waals surface area contributed by atoms with Gasteiger partial charge in [-0.2, -0.15) is 0 Å². The summed E-state index contributed by atoms with van der Waals surface area (Å²) in [6.07, 6.45) is 3.23. The van der Waals surface area contributed by atoms with Crippen molar-refractivity contribution in [2.24, 2.45) is 5.92 Å². The third kappa shape index (κ3) is 6.08. The molecule has 1 fully saturated rings. The zero-order valence-corrected chi connectivity index (χ0v) is 22.4. The van der Waals surface area contributed by atoms with E-state index in [4.69, 9.17) is 28.8 Å². The van der Waals surface area contributed by atoms with E-state index in [9.17, 15) is 9.59 Å². The number of carbonyl (C=O) groups is 2. The van der Waals surface area contributed by atoms with Gasteiger partial charge in [-0.25, -0.2) is 14.8 Å². The molecule has 204 valence electrons. The molecular weight excluding hydrogens is 494 g/mol. The lowest BCUT2D eigenvalue weighted by atomic mass is 10.1. The fourth-order valence-corrected chi connectivity index (χ4v) is 4.19. The van der Waals surface area contributed by atoms with E-state index < -0.39 is 11.8 Å². The Bertz CT molecular complexity index is 1290. The first-order valence-electron chi connectivity index (χ1n) is 12.2. The highest BCUT2D eigenvalue weighted by molar-refractivity contribution is 6.04. The molecule has 38 heavy (non-hydrogen) atoms. The second-order valence-corrected chi connectivity index (χ2v) is 9.88. The maximum atomic E-state index is 13.1. The number of benzene rings is 1. The van der Waals surface area contributed by atoms with Crippen molar-refractivity contribution in [2.45, 2.75) is 32.8 Å². The van der Waals surface area contributed by atoms with Crippen LogP contribution in [0, 0.1) is 5.92 Å². The van der Waals surface area contributed by atoms with Crippen molar-refractivity contribution in [3.05, 3.63) is 30.1 Å². The number of carbonyl (C=O) groups excluding carboxylic acids is 2. The lowest BCUT2D eigenvalue weighted by Crippen LogP contribution is -2.33. The summed E-state index contributed by atoms with van der Waals surface area (Å²) in [4.78, 5) is 42.4. The topological polar surface area (TPSA) is 137 Å². The Morgan fingerprint density at radius 1 is 1.13 bits per heavy atom. The van der Waals surface area contributed by atoms with Crippen LogP contribution in [0.1, 0.15) is 37.6 Å². The number of aromatic nitrogens is 3. The van der Waals surface area contributed by atoms with E-state index in [0.29, 0.717) is 64.9 Å². The van der Waals surface area contributed by atoms with E-state index in [-0.39, 0.29) is 11.8 Å². The van der Waals surface area contributed by atoms with Crippen LogP contribution < -0.4 is 19.5 Å². The first-order valence-corrected chi connectivity index (χ1v) is 12.2. The fraction of sp³-hybridized carbons (Fsp3) is 0.462. The average molecular weight is 528 g/mol. The predicted molar refractivity (Wildman–Crippen MR) is 138 cm³/mol. The lowest BCUT2D eigenvalue weighted by Gasteiger charge is -2.21. The van der Waals surface area contributed by atoms with Gasteiger partial charge in [0.2, 0.25) is 5.75 Å². The largest absolute Gasteiger partial charge is 0.528 e. The van der Waals surface area contributed by atoms with Crippen molar-refractivity contribution in [1.82, 2.24) is 25.3 Å². The summed E-state index contributed by atoms with van der Waals surface area (Å²) >= 11 is 0. The minimum Gasteiger partial charge on any atom is -0.493 e. The number of hydrogen-bond donors (Lipinski definition) is 2. The number of hydrogen-bond acceptors (Lipinski definition) is 10. The third-order valence-corrected chi connectivity index (χ3v) is 5.98. The number of nitrogens with one attached hydrogen (secondary N) is 2. The molecule has 1 aliphatic heterocycles. The van der Waals surface area contributed by atoms with E-state index in [2.05, 4.69) is 15.3 Å². The molecule has 1 amide bonds. The van der Waals surface area contributed by atoms with Crippen LogP contribution in [-0.4, -0.2) is 78.6 Å². The Hall–Kier alpha value is -4.06. The molecular formula is C26H33N5O7. The summed E-state index contributed by atoms with van der Waals surface area (Å²) in [6.45, 7) is 6.81. The summed E-state index contributed by atoms with van der Waals surface area (Å²) in [5.41, 5.74) is 1.91. The molecule has 1 aliphatic rings. The number of rotatable bonds is 8. The van der Waals surface area contributed by atoms with Crippen molar-refractivity contribution in [2.75, 3.05) is 41.0 Å². The third-order valence-electron chi connectivity index (χ3n) is 5.98. The molecule has 4 rings (SSSR count). The molecule has 1 atom stereocenters. The second kappa shape index (κ2) is 11.1. The predicted octanol–water partition coefficient (Wildman–Crippen LogP) is 3.57. The van der Waals surface area contributed by atoms with Gasteiger partial charge in [0, 0.05) is 31.4 Å². The molecule has 0 radical (unpaired) electrons. The normalized spacial score (nSPS) is 15.8. The number of amides is 1. The van der Waals surface area contributed by atoms with Crippen LogP contribution in [0.15, 0.2) is 24.5 Å². The van der Waals surface area contributed by atoms with Gasteiger partial charge >= 0.3 is 6.16 Å². The van der Waals surface area contributed by atoms with Crippen molar-refractivity contribution >= 4 is 23.2 Å². The Kier molecular flexibility index (Phi) is 7.91. The molecule has 3 aromatic rings. The molecule has 0 aliphatic carbocycles. The minimum absolute atomic E-state index is 0.118. The van der Waals surface area contributed by atoms with Crippen molar-refractivity contribution in [3.63, 3.8) is 0 Å². The van der Waals surface area contributed by atoms with Gasteiger partial charge in [-0.15, -0.1) is 5.06 Å². The van der Waals surface area contributed by atoms with Crippen molar-refractivity contribution in [1.29, 1.82) is 0 Å². The standard InChI is InChI=1S/C26H33N5O7/c1-26(2,3)37-25(33)38-31-8-7-15(14-31)11-29-24(32)17-12-27-23-21(17)30-18(13-28-23)16-9-19(34-4)22(36-6)20(10-16)35-5/h9-10,12-13,15H,7-8,11,14H2,1-6H3,(H,27,28)(H,29,32). The van der Waals surface area contributed by atoms with E-state index in [1.807, 2.05) is 0 Å². The highest BCUT2D eigenvalue weighted by Crippen LogP contribution is 2.41. The van der Waals surface area contributed by atoms with Crippen LogP contribution in [0.4, 0.5) is 4.79 Å². The lowest BCUT2D eigenvalue weighted by molar-refractivity contribution is -0.131. The molecule has 1 saturated heterocycles. The highest BCUT2D eigenvalue weighted by atomic mass is 16.8. The van der Waals surface area contributed by atoms with Gasteiger partial charge in [0.05, 0.1) is 38.8 Å². The fourth-order valence-electron chi connectivity index (χ4n) is 4.19. The van der Waals surface area contributed by atoms with Crippen LogP contribution in [0.2, 0.25) is 0 Å². The van der Waals surface area contributed by atoms with Crippen LogP contribution in [0.3, 0.4) is 0 Å². The van der Waals surface area contributed by atoms with E-state index in [0.717, 1.165) is 6.42 Å². The summed E-state index contributed by atoms with van der Waals surface area (Å²) in [7, 11) is 4.61. The smallest absolute Gasteiger partial charge is 0.493 e. The quantitative estimate of drug-likeness (QED) is 0.418. The SMILES string of the molecule is COc1cc(-c2cnc3[nH]cc(C(=O)NCC4CCN(OC(=O)OC(C)(C)C)C4)c3n2)cc(OC)c1OC. The minimum atomic E-state index is -0.734. The zero-order valence-electron chi connectivity index (χ0n) is 22.4. The summed E-state index contributed by atoms with van der Waals surface area (Å²) in [6, 6.07) is 3.55. The number of hydroxylamine groups is 2. The van der Waals surface area contributed by atoms with Gasteiger partial charge in [-0.05, 0) is 45.2 Å². The maximum absolute atomic E-state index is 13.1. The molecule has 2 aromatic heterocycles. The monoisotopic (exact) mass is 527 g/mol. The molecule has 12 heteroatoms. The molecule has 12 nitrogen and oxygen atoms in total. The van der Waals surface area contributed by atoms with Gasteiger partial charge in [-0.1, -0.05) is 0 Å². The van der Waals surface area contributed by atoms with Crippen LogP contribution >= 0.6 is 0 Å². The molecule has 3 heterocycles. The van der Waals surface area contributed by atoms with Crippen molar-refractivity contribution < 1.29 is 33.4 Å². The van der Waals surface area contributed by atoms with Gasteiger partial charge < -0.3 is 34.1 Å². The Balaban J connectivity index is 1.44. The van der Waals surface area contributed by atoms with E-state index in [1.165, 1.54) is 21.3 Å². The summed E-state index contributed by atoms with van der Waals surface area (Å²) in [5, 5.41) is 4.52. The maximum Gasteiger partial charge on any atom is 0.528 e.